The van der Waals surface area contributed by atoms with Gasteiger partial charge in [-0.1, -0.05) is 48.5 Å². The molecule has 0 aliphatic carbocycles. The summed E-state index contributed by atoms with van der Waals surface area (Å²) in [5.74, 6) is 0. The first-order chi connectivity index (χ1) is 24.0. The van der Waals surface area contributed by atoms with Crippen molar-refractivity contribution in [2.24, 2.45) is 0 Å². The van der Waals surface area contributed by atoms with E-state index in [1.54, 1.807) is 131 Å². The first-order valence-corrected chi connectivity index (χ1v) is 20.3. The quantitative estimate of drug-likeness (QED) is 0.178. The second kappa shape index (κ2) is 10.5. The molecule has 3 aliphatic rings. The number of hydrogen-bond donors (Lipinski definition) is 0. The zero-order valence-corrected chi connectivity index (χ0v) is 28.9. The van der Waals surface area contributed by atoms with Gasteiger partial charge in [0.2, 0.25) is 29.5 Å². The summed E-state index contributed by atoms with van der Waals surface area (Å²) in [5, 5.41) is 0. The van der Waals surface area contributed by atoms with E-state index >= 15 is 0 Å². The first kappa shape index (κ1) is 30.6. The number of anilines is 8. The summed E-state index contributed by atoms with van der Waals surface area (Å²) in [4.78, 5) is 6.19. The molecule has 6 aromatic carbocycles. The Bertz CT molecular complexity index is 2490. The molecule has 0 fully saturated rings. The van der Waals surface area contributed by atoms with E-state index in [2.05, 4.69) is 0 Å². The summed E-state index contributed by atoms with van der Waals surface area (Å²) >= 11 is 0. The van der Waals surface area contributed by atoms with Crippen LogP contribution in [0.25, 0.3) is 0 Å². The molecule has 50 heavy (non-hydrogen) atoms. The molecule has 0 saturated carbocycles. The highest BCUT2D eigenvalue weighted by Crippen LogP contribution is 2.53. The maximum absolute atomic E-state index is 14.8. The van der Waals surface area contributed by atoms with E-state index in [0.29, 0.717) is 52.0 Å². The molecule has 0 unspecified atom stereocenters. The Morgan fingerprint density at radius 1 is 0.380 bits per heavy atom. The molecule has 0 radical (unpaired) electrons. The molecule has 0 saturated heterocycles. The van der Waals surface area contributed by atoms with E-state index in [1.165, 1.54) is 0 Å². The highest BCUT2D eigenvalue weighted by Gasteiger charge is 2.40. The second-order valence-electron chi connectivity index (χ2n) is 12.1. The fourth-order valence-electron chi connectivity index (χ4n) is 7.28. The van der Waals surface area contributed by atoms with Gasteiger partial charge in [0.05, 0.1) is 63.5 Å². The Hall–Kier alpha value is -5.43. The van der Waals surface area contributed by atoms with Gasteiger partial charge in [-0.2, -0.15) is 0 Å². The van der Waals surface area contributed by atoms with Crippen molar-refractivity contribution >= 4 is 75.0 Å². The molecular formula is C38H27N3O6S3. The summed E-state index contributed by atoms with van der Waals surface area (Å²) < 4.78 is 84.0. The third-order valence-corrected chi connectivity index (χ3v) is 15.0. The largest absolute Gasteiger partial charge is 0.340 e. The Morgan fingerprint density at radius 2 is 0.680 bits per heavy atom. The number of rotatable bonds is 3. The predicted molar refractivity (Wildman–Crippen MR) is 191 cm³/mol. The van der Waals surface area contributed by atoms with Crippen molar-refractivity contribution in [3.05, 3.63) is 133 Å². The fourth-order valence-corrected chi connectivity index (χ4v) is 12.2. The first-order valence-electron chi connectivity index (χ1n) is 15.8. The van der Waals surface area contributed by atoms with Gasteiger partial charge in [0, 0.05) is 17.9 Å². The van der Waals surface area contributed by atoms with Gasteiger partial charge in [-0.25, -0.2) is 25.3 Å². The molecule has 9 nitrogen and oxygen atoms in total. The van der Waals surface area contributed by atoms with E-state index in [-0.39, 0.29) is 29.4 Å². The van der Waals surface area contributed by atoms with E-state index in [1.807, 2.05) is 24.0 Å². The number of nitrogens with zero attached hydrogens (tertiary/aromatic N) is 3. The van der Waals surface area contributed by atoms with Gasteiger partial charge in [0.25, 0.3) is 0 Å². The van der Waals surface area contributed by atoms with Crippen LogP contribution in [0.5, 0.6) is 0 Å². The molecular weight excluding hydrogens is 691 g/mol. The van der Waals surface area contributed by atoms with Crippen LogP contribution < -0.4 is 14.7 Å². The van der Waals surface area contributed by atoms with Gasteiger partial charge in [-0.05, 0) is 91.9 Å². The molecule has 0 bridgehead atoms. The molecule has 248 valence electrons. The molecule has 3 heterocycles. The Labute approximate surface area is 290 Å². The van der Waals surface area contributed by atoms with Crippen molar-refractivity contribution in [3.63, 3.8) is 0 Å². The van der Waals surface area contributed by atoms with E-state index in [0.717, 1.165) is 0 Å². The van der Waals surface area contributed by atoms with E-state index in [9.17, 15) is 25.3 Å². The van der Waals surface area contributed by atoms with Crippen LogP contribution in [0, 0.1) is 0 Å². The normalized spacial score (nSPS) is 17.0. The number of sulfone groups is 3. The molecule has 0 N–H and O–H groups in total. The highest BCUT2D eigenvalue weighted by atomic mass is 32.2. The van der Waals surface area contributed by atoms with Crippen LogP contribution in [0.3, 0.4) is 0 Å². The highest BCUT2D eigenvalue weighted by molar-refractivity contribution is 7.92. The van der Waals surface area contributed by atoms with Crippen LogP contribution in [0.4, 0.5) is 45.5 Å². The summed E-state index contributed by atoms with van der Waals surface area (Å²) in [6.07, 6.45) is 0. The van der Waals surface area contributed by atoms with Crippen molar-refractivity contribution in [2.45, 2.75) is 36.3 Å². The van der Waals surface area contributed by atoms with Crippen molar-refractivity contribution in [3.8, 4) is 0 Å². The Balaban J connectivity index is 1.24. The topological polar surface area (TPSA) is 112 Å². The molecule has 0 amide bonds. The lowest BCUT2D eigenvalue weighted by Gasteiger charge is -2.37. The number of fused-ring (bicyclic) bond motifs is 6. The summed E-state index contributed by atoms with van der Waals surface area (Å²) in [6, 6.07) is 37.1. The number of para-hydroxylation sites is 4. The minimum atomic E-state index is -4.15. The van der Waals surface area contributed by atoms with Crippen molar-refractivity contribution in [2.75, 3.05) is 21.2 Å². The second-order valence-corrected chi connectivity index (χ2v) is 17.8. The SMILES string of the molecule is CCN1c2ccc(N3c4ccccc4S(=O)(=O)c4ccccc43)cc2S(=O)(=O)c2cc(N3c4ccccc4S(=O)(=O)c4ccccc43)ccc21. The number of benzene rings is 6. The van der Waals surface area contributed by atoms with Crippen LogP contribution in [-0.4, -0.2) is 31.8 Å². The zero-order chi connectivity index (χ0) is 34.6. The lowest BCUT2D eigenvalue weighted by Crippen LogP contribution is -2.27. The number of hydrogen-bond acceptors (Lipinski definition) is 9. The monoisotopic (exact) mass is 717 g/mol. The predicted octanol–water partition coefficient (Wildman–Crippen LogP) is 8.22. The van der Waals surface area contributed by atoms with Gasteiger partial charge < -0.3 is 14.7 Å². The molecule has 3 aliphatic heterocycles. The molecule has 0 aromatic heterocycles. The fraction of sp³-hybridized carbons (Fsp3) is 0.0526. The van der Waals surface area contributed by atoms with Crippen LogP contribution in [0.2, 0.25) is 0 Å². The lowest BCUT2D eigenvalue weighted by molar-refractivity contribution is 0.592. The van der Waals surface area contributed by atoms with Crippen LogP contribution in [-0.2, 0) is 29.5 Å². The van der Waals surface area contributed by atoms with Crippen molar-refractivity contribution in [1.29, 1.82) is 0 Å². The smallest absolute Gasteiger partial charge is 0.210 e. The Kier molecular flexibility index (Phi) is 6.45. The average Bonchev–Trinajstić information content (AvgIpc) is 3.13. The lowest BCUT2D eigenvalue weighted by atomic mass is 10.1. The summed E-state index contributed by atoms with van der Waals surface area (Å²) in [5.41, 5.74) is 3.67. The van der Waals surface area contributed by atoms with Crippen LogP contribution >= 0.6 is 0 Å². The molecule has 0 spiro atoms. The maximum Gasteiger partial charge on any atom is 0.210 e. The van der Waals surface area contributed by atoms with Crippen molar-refractivity contribution < 1.29 is 25.3 Å². The van der Waals surface area contributed by atoms with Crippen molar-refractivity contribution in [1.82, 2.24) is 0 Å². The minimum Gasteiger partial charge on any atom is -0.340 e. The molecule has 12 heteroatoms. The Morgan fingerprint density at radius 3 is 1.00 bits per heavy atom. The maximum atomic E-state index is 14.8. The van der Waals surface area contributed by atoms with Gasteiger partial charge in [-0.3, -0.25) is 0 Å². The van der Waals surface area contributed by atoms with E-state index < -0.39 is 29.5 Å². The third kappa shape index (κ3) is 4.06. The van der Waals surface area contributed by atoms with Gasteiger partial charge in [-0.15, -0.1) is 0 Å². The van der Waals surface area contributed by atoms with Gasteiger partial charge in [0.1, 0.15) is 0 Å². The standard InChI is InChI=1S/C38H27N3O6S3/c1-2-39-27-21-19-25(40-29-11-3-7-15-33(29)48(42,43)34-16-8-4-12-30(34)40)23-37(27)50(46,47)38-24-26(20-22-28(38)39)41-31-13-5-9-17-35(31)49(44,45)36-18-10-6-14-32(36)41/h3-24H,2H2,1H3. The minimum absolute atomic E-state index is 0.0758. The van der Waals surface area contributed by atoms with Gasteiger partial charge in [0.15, 0.2) is 0 Å². The average molecular weight is 718 g/mol. The van der Waals surface area contributed by atoms with Crippen LogP contribution in [0.15, 0.2) is 163 Å². The zero-order valence-electron chi connectivity index (χ0n) is 26.4. The van der Waals surface area contributed by atoms with E-state index in [4.69, 9.17) is 0 Å². The molecule has 0 atom stereocenters. The summed E-state index contributed by atoms with van der Waals surface area (Å²) in [6.45, 7) is 2.41. The van der Waals surface area contributed by atoms with Gasteiger partial charge >= 0.3 is 0 Å². The molecule has 9 rings (SSSR count). The molecule has 6 aromatic rings. The van der Waals surface area contributed by atoms with Crippen LogP contribution in [0.1, 0.15) is 6.92 Å². The third-order valence-electron chi connectivity index (χ3n) is 9.46. The summed E-state index contributed by atoms with van der Waals surface area (Å²) in [7, 11) is -11.8.